The number of benzene rings is 2. The molecule has 166 valence electrons. The maximum Gasteiger partial charge on any atom is 0.142 e. The van der Waals surface area contributed by atoms with Gasteiger partial charge in [-0.25, -0.2) is 4.39 Å². The SMILES string of the molecule is C=CC1CCC2CC(c3ccc(C#Cc4ccc(OC/C=C/C)cc4F)cc3)CCC2C1. The molecule has 2 fully saturated rings. The molecule has 1 nitrogen and oxygen atoms in total. The Labute approximate surface area is 192 Å². The van der Waals surface area contributed by atoms with E-state index in [1.807, 2.05) is 19.1 Å². The van der Waals surface area contributed by atoms with E-state index in [0.29, 0.717) is 23.8 Å². The average Bonchev–Trinajstić information content (AvgIpc) is 2.83. The van der Waals surface area contributed by atoms with Gasteiger partial charge in [0.15, 0.2) is 0 Å². The molecule has 2 saturated carbocycles. The van der Waals surface area contributed by atoms with Gasteiger partial charge in [-0.2, -0.15) is 0 Å². The highest BCUT2D eigenvalue weighted by Gasteiger charge is 2.35. The maximum atomic E-state index is 14.3. The molecule has 2 aliphatic rings. The third-order valence-corrected chi connectivity index (χ3v) is 7.23. The molecule has 0 amide bonds. The van der Waals surface area contributed by atoms with E-state index >= 15 is 0 Å². The Morgan fingerprint density at radius 1 is 1.00 bits per heavy atom. The van der Waals surface area contributed by atoms with Crippen LogP contribution in [0.15, 0.2) is 67.3 Å². The first kappa shape index (κ1) is 22.4. The predicted molar refractivity (Wildman–Crippen MR) is 130 cm³/mol. The zero-order valence-electron chi connectivity index (χ0n) is 19.0. The van der Waals surface area contributed by atoms with Gasteiger partial charge in [-0.15, -0.1) is 6.58 Å². The summed E-state index contributed by atoms with van der Waals surface area (Å²) in [6.07, 6.45) is 13.9. The van der Waals surface area contributed by atoms with Gasteiger partial charge in [-0.1, -0.05) is 42.2 Å². The largest absolute Gasteiger partial charge is 0.489 e. The smallest absolute Gasteiger partial charge is 0.142 e. The summed E-state index contributed by atoms with van der Waals surface area (Å²) >= 11 is 0. The van der Waals surface area contributed by atoms with Crippen molar-refractivity contribution >= 4 is 0 Å². The molecule has 2 aromatic carbocycles. The van der Waals surface area contributed by atoms with Crippen molar-refractivity contribution in [3.8, 4) is 17.6 Å². The molecule has 0 spiro atoms. The van der Waals surface area contributed by atoms with Gasteiger partial charge in [0, 0.05) is 11.6 Å². The van der Waals surface area contributed by atoms with E-state index < -0.39 is 0 Å². The Bertz CT molecular complexity index is 1010. The van der Waals surface area contributed by atoms with E-state index in [4.69, 9.17) is 4.74 Å². The van der Waals surface area contributed by atoms with Gasteiger partial charge in [0.2, 0.25) is 0 Å². The van der Waals surface area contributed by atoms with Crippen LogP contribution in [0.5, 0.6) is 5.75 Å². The molecule has 0 radical (unpaired) electrons. The van der Waals surface area contributed by atoms with E-state index in [1.165, 1.54) is 50.2 Å². The molecule has 0 N–H and O–H groups in total. The monoisotopic (exact) mass is 428 g/mol. The zero-order valence-corrected chi connectivity index (χ0v) is 19.0. The van der Waals surface area contributed by atoms with Crippen molar-refractivity contribution in [1.29, 1.82) is 0 Å². The number of halogens is 1. The minimum absolute atomic E-state index is 0.352. The maximum absolute atomic E-state index is 14.3. The summed E-state index contributed by atoms with van der Waals surface area (Å²) in [7, 11) is 0. The molecule has 2 heteroatoms. The quantitative estimate of drug-likeness (QED) is 0.351. The zero-order chi connectivity index (χ0) is 22.3. The van der Waals surface area contributed by atoms with Gasteiger partial charge < -0.3 is 4.74 Å². The molecule has 4 unspecified atom stereocenters. The van der Waals surface area contributed by atoms with Gasteiger partial charge in [0.25, 0.3) is 0 Å². The standard InChI is InChI=1S/C30H33FO/c1-3-5-18-32-29-17-16-25(30(31)21-29)12-9-23-7-10-24(11-8-23)27-15-14-26-19-22(4-2)6-13-28(26)20-27/h3-5,7-8,10-11,16-17,21-22,26-28H,2,6,13-15,18-20H2,1H3/b5-3+. The predicted octanol–water partition coefficient (Wildman–Crippen LogP) is 7.67. The van der Waals surface area contributed by atoms with Crippen LogP contribution in [-0.4, -0.2) is 6.61 Å². The van der Waals surface area contributed by atoms with Gasteiger partial charge in [0.05, 0.1) is 5.56 Å². The molecule has 2 aliphatic carbocycles. The van der Waals surface area contributed by atoms with Crippen molar-refractivity contribution in [2.45, 2.75) is 51.4 Å². The van der Waals surface area contributed by atoms with Crippen molar-refractivity contribution < 1.29 is 9.13 Å². The number of ether oxygens (including phenoxy) is 1. The summed E-state index contributed by atoms with van der Waals surface area (Å²) in [4.78, 5) is 0. The van der Waals surface area contributed by atoms with Gasteiger partial charge in [-0.05, 0) is 98.9 Å². The molecule has 0 aromatic heterocycles. The van der Waals surface area contributed by atoms with Gasteiger partial charge in [0.1, 0.15) is 18.2 Å². The van der Waals surface area contributed by atoms with E-state index in [0.717, 1.165) is 23.3 Å². The third-order valence-electron chi connectivity index (χ3n) is 7.23. The lowest BCUT2D eigenvalue weighted by Gasteiger charge is -2.41. The Morgan fingerprint density at radius 3 is 2.53 bits per heavy atom. The molecule has 2 aromatic rings. The van der Waals surface area contributed by atoms with Crippen molar-refractivity contribution in [2.75, 3.05) is 6.61 Å². The Hall–Kier alpha value is -2.79. The molecular weight excluding hydrogens is 395 g/mol. The van der Waals surface area contributed by atoms with Crippen molar-refractivity contribution in [1.82, 2.24) is 0 Å². The molecule has 4 rings (SSSR count). The molecular formula is C30H33FO. The summed E-state index contributed by atoms with van der Waals surface area (Å²) in [6.45, 7) is 6.37. The first-order valence-corrected chi connectivity index (χ1v) is 11.9. The van der Waals surface area contributed by atoms with Crippen LogP contribution in [0, 0.1) is 35.4 Å². The summed E-state index contributed by atoms with van der Waals surface area (Å²) in [5.41, 5.74) is 2.73. The molecule has 0 heterocycles. The Morgan fingerprint density at radius 2 is 1.78 bits per heavy atom. The summed E-state index contributed by atoms with van der Waals surface area (Å²) in [5, 5.41) is 0. The lowest BCUT2D eigenvalue weighted by molar-refractivity contribution is 0.133. The summed E-state index contributed by atoms with van der Waals surface area (Å²) in [5.74, 6) is 9.40. The Kier molecular flexibility index (Phi) is 7.48. The second-order valence-electron chi connectivity index (χ2n) is 9.23. The van der Waals surface area contributed by atoms with E-state index in [9.17, 15) is 4.39 Å². The van der Waals surface area contributed by atoms with E-state index in [2.05, 4.69) is 48.8 Å². The first-order valence-electron chi connectivity index (χ1n) is 11.9. The van der Waals surface area contributed by atoms with E-state index in [1.54, 1.807) is 12.1 Å². The molecule has 32 heavy (non-hydrogen) atoms. The third kappa shape index (κ3) is 5.52. The normalized spacial score (nSPS) is 24.9. The van der Waals surface area contributed by atoms with Crippen molar-refractivity contribution in [3.05, 3.63) is 89.8 Å². The van der Waals surface area contributed by atoms with Crippen LogP contribution in [0.3, 0.4) is 0 Å². The lowest BCUT2D eigenvalue weighted by atomic mass is 9.64. The second-order valence-corrected chi connectivity index (χ2v) is 9.23. The van der Waals surface area contributed by atoms with Crippen LogP contribution in [0.1, 0.15) is 68.1 Å². The second kappa shape index (κ2) is 10.7. The number of rotatable bonds is 5. The number of allylic oxidation sites excluding steroid dienone is 2. The number of fused-ring (bicyclic) bond motifs is 1. The fraction of sp³-hybridized carbons (Fsp3) is 0.400. The highest BCUT2D eigenvalue weighted by atomic mass is 19.1. The Balaban J connectivity index is 1.37. The molecule has 0 saturated heterocycles. The lowest BCUT2D eigenvalue weighted by Crippen LogP contribution is -2.29. The number of hydrogen-bond donors (Lipinski definition) is 0. The highest BCUT2D eigenvalue weighted by Crippen LogP contribution is 2.47. The minimum atomic E-state index is -0.352. The molecule has 0 bridgehead atoms. The van der Waals surface area contributed by atoms with Crippen LogP contribution in [0.4, 0.5) is 4.39 Å². The molecule has 4 atom stereocenters. The van der Waals surface area contributed by atoms with Crippen LogP contribution >= 0.6 is 0 Å². The van der Waals surface area contributed by atoms with Crippen LogP contribution in [0.2, 0.25) is 0 Å². The summed E-state index contributed by atoms with van der Waals surface area (Å²) in [6, 6.07) is 13.4. The fourth-order valence-corrected chi connectivity index (χ4v) is 5.35. The first-order chi connectivity index (χ1) is 15.7. The van der Waals surface area contributed by atoms with Gasteiger partial charge >= 0.3 is 0 Å². The highest BCUT2D eigenvalue weighted by molar-refractivity contribution is 5.46. The number of hydrogen-bond acceptors (Lipinski definition) is 1. The van der Waals surface area contributed by atoms with Crippen LogP contribution < -0.4 is 4.74 Å². The molecule has 0 aliphatic heterocycles. The van der Waals surface area contributed by atoms with Gasteiger partial charge in [-0.3, -0.25) is 0 Å². The van der Waals surface area contributed by atoms with Crippen LogP contribution in [-0.2, 0) is 0 Å². The minimum Gasteiger partial charge on any atom is -0.489 e. The topological polar surface area (TPSA) is 9.23 Å². The summed E-state index contributed by atoms with van der Waals surface area (Å²) < 4.78 is 19.8. The average molecular weight is 429 g/mol. The van der Waals surface area contributed by atoms with Crippen molar-refractivity contribution in [3.63, 3.8) is 0 Å². The van der Waals surface area contributed by atoms with Crippen LogP contribution in [0.25, 0.3) is 0 Å². The van der Waals surface area contributed by atoms with Crippen molar-refractivity contribution in [2.24, 2.45) is 17.8 Å². The fourth-order valence-electron chi connectivity index (χ4n) is 5.35. The van der Waals surface area contributed by atoms with E-state index in [-0.39, 0.29) is 5.82 Å².